The lowest BCUT2D eigenvalue weighted by molar-refractivity contribution is 0.834. The Balaban J connectivity index is 3.04. The highest BCUT2D eigenvalue weighted by Crippen LogP contribution is 1.91. The van der Waals surface area contributed by atoms with E-state index in [0.29, 0.717) is 3.83 Å². The molecule has 0 amide bonds. The predicted molar refractivity (Wildman–Crippen MR) is 34.9 cm³/mol. The molecule has 0 aliphatic carbocycles. The lowest BCUT2D eigenvalue weighted by Crippen LogP contribution is -1.81. The van der Waals surface area contributed by atoms with Gasteiger partial charge in [-0.15, -0.1) is 10.2 Å². The SMILES string of the molecule is Brn1nnc(I)n1. The maximum absolute atomic E-state index is 3.71. The van der Waals surface area contributed by atoms with E-state index in [4.69, 9.17) is 0 Å². The molecular weight excluding hydrogens is 275 g/mol. The number of tetrazole rings is 1. The third-order valence-electron chi connectivity index (χ3n) is 0.366. The molecule has 6 heteroatoms. The predicted octanol–water partition coefficient (Wildman–Crippen LogP) is 0.436. The largest absolute Gasteiger partial charge is 0.235 e. The summed E-state index contributed by atoms with van der Waals surface area (Å²) in [4.78, 5) is 0. The summed E-state index contributed by atoms with van der Waals surface area (Å²) in [5.41, 5.74) is 0. The second-order valence-corrected chi connectivity index (χ2v) is 2.40. The average Bonchev–Trinajstić information content (AvgIpc) is 1.87. The number of hydrogen-bond donors (Lipinski definition) is 0. The van der Waals surface area contributed by atoms with Crippen molar-refractivity contribution in [2.75, 3.05) is 0 Å². The van der Waals surface area contributed by atoms with E-state index in [0.717, 1.165) is 0 Å². The fourth-order valence-electron chi connectivity index (χ4n) is 0.182. The van der Waals surface area contributed by atoms with E-state index >= 15 is 0 Å². The van der Waals surface area contributed by atoms with Gasteiger partial charge in [-0.3, -0.25) is 0 Å². The van der Waals surface area contributed by atoms with Crippen molar-refractivity contribution in [2.45, 2.75) is 0 Å². The van der Waals surface area contributed by atoms with Gasteiger partial charge < -0.3 is 0 Å². The number of hydrogen-bond acceptors (Lipinski definition) is 3. The quantitative estimate of drug-likeness (QED) is 0.645. The molecule has 0 bridgehead atoms. The lowest BCUT2D eigenvalue weighted by atomic mass is 11.4. The molecule has 0 fully saturated rings. The minimum Gasteiger partial charge on any atom is -0.114 e. The second-order valence-electron chi connectivity index (χ2n) is 0.799. The maximum Gasteiger partial charge on any atom is 0.235 e. The molecule has 0 unspecified atom stereocenters. The molecule has 0 aliphatic heterocycles. The molecular formula is CBrIN4. The molecule has 1 aromatic heterocycles. The van der Waals surface area contributed by atoms with Crippen LogP contribution < -0.4 is 0 Å². The van der Waals surface area contributed by atoms with Crippen molar-refractivity contribution < 1.29 is 0 Å². The van der Waals surface area contributed by atoms with Crippen LogP contribution in [0.5, 0.6) is 0 Å². The first-order valence-corrected chi connectivity index (χ1v) is 3.19. The first-order chi connectivity index (χ1) is 3.29. The summed E-state index contributed by atoms with van der Waals surface area (Å²) in [5, 5.41) is 10.7. The monoisotopic (exact) mass is 274 g/mol. The van der Waals surface area contributed by atoms with Crippen molar-refractivity contribution in [3.63, 3.8) is 0 Å². The zero-order chi connectivity index (χ0) is 5.28. The Kier molecular flexibility index (Phi) is 1.57. The van der Waals surface area contributed by atoms with Gasteiger partial charge in [-0.2, -0.15) is 0 Å². The molecule has 38 valence electrons. The third-order valence-corrected chi connectivity index (χ3v) is 1.10. The highest BCUT2D eigenvalue weighted by atomic mass is 127. The fraction of sp³-hybridized carbons (Fsp3) is 0. The van der Waals surface area contributed by atoms with Crippen molar-refractivity contribution in [2.24, 2.45) is 0 Å². The third kappa shape index (κ3) is 1.34. The smallest absolute Gasteiger partial charge is 0.114 e. The highest BCUT2D eigenvalue weighted by molar-refractivity contribution is 14.1. The summed E-state index contributed by atoms with van der Waals surface area (Å²) in [6.45, 7) is 0. The van der Waals surface area contributed by atoms with Gasteiger partial charge in [0.05, 0.1) is 0 Å². The van der Waals surface area contributed by atoms with Crippen molar-refractivity contribution in [1.82, 2.24) is 19.2 Å². The standard InChI is InChI=1S/CBrIN4/c2-7-5-1(3)4-6-7. The van der Waals surface area contributed by atoms with Crippen LogP contribution in [0.2, 0.25) is 0 Å². The summed E-state index contributed by atoms with van der Waals surface area (Å²) in [6.07, 6.45) is 0. The molecule has 0 atom stereocenters. The zero-order valence-corrected chi connectivity index (χ0v) is 6.79. The Morgan fingerprint density at radius 3 is 2.57 bits per heavy atom. The van der Waals surface area contributed by atoms with Gasteiger partial charge in [0, 0.05) is 22.6 Å². The number of rotatable bonds is 0. The second kappa shape index (κ2) is 2.03. The van der Waals surface area contributed by atoms with E-state index in [1.807, 2.05) is 22.6 Å². The van der Waals surface area contributed by atoms with Crippen molar-refractivity contribution >= 4 is 38.7 Å². The zero-order valence-electron chi connectivity index (χ0n) is 3.04. The summed E-state index contributed by atoms with van der Waals surface area (Å²) in [5.74, 6) is 0. The summed E-state index contributed by atoms with van der Waals surface area (Å²) < 4.78 is 1.86. The van der Waals surface area contributed by atoms with Crippen molar-refractivity contribution in [3.05, 3.63) is 3.83 Å². The van der Waals surface area contributed by atoms with Gasteiger partial charge in [-0.05, 0) is 5.21 Å². The number of aromatic nitrogens is 4. The van der Waals surface area contributed by atoms with Crippen LogP contribution in [-0.4, -0.2) is 19.2 Å². The molecule has 0 spiro atoms. The summed E-state index contributed by atoms with van der Waals surface area (Å²) in [6, 6.07) is 0. The van der Waals surface area contributed by atoms with Gasteiger partial charge in [-0.25, -0.2) is 0 Å². The lowest BCUT2D eigenvalue weighted by Gasteiger charge is -1.68. The van der Waals surface area contributed by atoms with Crippen molar-refractivity contribution in [3.8, 4) is 0 Å². The van der Waals surface area contributed by atoms with Crippen LogP contribution in [-0.2, 0) is 0 Å². The van der Waals surface area contributed by atoms with Crippen LogP contribution in [0.4, 0.5) is 0 Å². The molecule has 4 nitrogen and oxygen atoms in total. The van der Waals surface area contributed by atoms with E-state index in [1.165, 1.54) is 3.82 Å². The van der Waals surface area contributed by atoms with Gasteiger partial charge in [0.25, 0.3) is 0 Å². The molecule has 1 rings (SSSR count). The maximum atomic E-state index is 3.71. The van der Waals surface area contributed by atoms with E-state index in [2.05, 4.69) is 31.6 Å². The van der Waals surface area contributed by atoms with Gasteiger partial charge in [-0.1, -0.05) is 3.82 Å². The molecule has 0 aliphatic rings. The Morgan fingerprint density at radius 1 is 1.71 bits per heavy atom. The summed E-state index contributed by atoms with van der Waals surface area (Å²) >= 11 is 4.92. The van der Waals surface area contributed by atoms with Gasteiger partial charge in [0.1, 0.15) is 16.1 Å². The molecule has 0 aromatic carbocycles. The fourth-order valence-corrected chi connectivity index (χ4v) is 1.00. The normalized spacial score (nSPS) is 9.43. The van der Waals surface area contributed by atoms with Crippen LogP contribution in [0.3, 0.4) is 0 Å². The highest BCUT2D eigenvalue weighted by Gasteiger charge is 1.89. The number of halogens is 2. The van der Waals surface area contributed by atoms with Gasteiger partial charge in [0.2, 0.25) is 3.83 Å². The van der Waals surface area contributed by atoms with Crippen LogP contribution in [0.1, 0.15) is 0 Å². The van der Waals surface area contributed by atoms with E-state index in [-0.39, 0.29) is 0 Å². The molecule has 1 aromatic rings. The van der Waals surface area contributed by atoms with Gasteiger partial charge >= 0.3 is 0 Å². The molecule has 0 saturated heterocycles. The Hall–Kier alpha value is 0.280. The Bertz CT molecular complexity index is 144. The van der Waals surface area contributed by atoms with Crippen LogP contribution in [0, 0.1) is 3.83 Å². The van der Waals surface area contributed by atoms with Crippen LogP contribution in [0.15, 0.2) is 0 Å². The molecule has 0 N–H and O–H groups in total. The molecule has 7 heavy (non-hydrogen) atoms. The topological polar surface area (TPSA) is 43.6 Å². The molecule has 1 heterocycles. The van der Waals surface area contributed by atoms with Crippen LogP contribution >= 0.6 is 38.7 Å². The average molecular weight is 275 g/mol. The first kappa shape index (κ1) is 5.42. The molecule has 0 radical (unpaired) electrons. The summed E-state index contributed by atoms with van der Waals surface area (Å²) in [7, 11) is 0. The van der Waals surface area contributed by atoms with E-state index in [9.17, 15) is 0 Å². The minimum atomic E-state index is 0.634. The van der Waals surface area contributed by atoms with E-state index in [1.54, 1.807) is 0 Å². The van der Waals surface area contributed by atoms with Gasteiger partial charge in [0.15, 0.2) is 0 Å². The Labute approximate surface area is 61.8 Å². The Morgan fingerprint density at radius 2 is 2.43 bits per heavy atom. The van der Waals surface area contributed by atoms with Crippen LogP contribution in [0.25, 0.3) is 0 Å². The van der Waals surface area contributed by atoms with Crippen molar-refractivity contribution in [1.29, 1.82) is 0 Å². The first-order valence-electron chi connectivity index (χ1n) is 1.41. The van der Waals surface area contributed by atoms with E-state index < -0.39 is 0 Å². The number of nitrogens with zero attached hydrogens (tertiary/aromatic N) is 4. The molecule has 0 saturated carbocycles. The minimum absolute atomic E-state index is 0.634.